The van der Waals surface area contributed by atoms with Crippen molar-refractivity contribution in [3.63, 3.8) is 0 Å². The smallest absolute Gasteiger partial charge is 0.408 e. The molecule has 0 bridgehead atoms. The van der Waals surface area contributed by atoms with Crippen molar-refractivity contribution in [2.75, 3.05) is 11.9 Å². The Morgan fingerprint density at radius 3 is 2.20 bits per heavy atom. The predicted molar refractivity (Wildman–Crippen MR) is 156 cm³/mol. The number of ether oxygens (including phenoxy) is 1. The van der Waals surface area contributed by atoms with Crippen molar-refractivity contribution < 1.29 is 24.2 Å². The van der Waals surface area contributed by atoms with Gasteiger partial charge >= 0.3 is 6.09 Å². The zero-order chi connectivity index (χ0) is 29.2. The van der Waals surface area contributed by atoms with Crippen LogP contribution in [-0.2, 0) is 14.3 Å². The van der Waals surface area contributed by atoms with Crippen LogP contribution >= 0.6 is 0 Å². The molecule has 1 saturated carbocycles. The van der Waals surface area contributed by atoms with Gasteiger partial charge in [-0.2, -0.15) is 0 Å². The number of fused-ring (bicyclic) bond motifs is 1. The average molecular weight is 546 g/mol. The number of hydrogen-bond donors (Lipinski definition) is 3. The molecule has 4 atom stereocenters. The van der Waals surface area contributed by atoms with Crippen molar-refractivity contribution >= 4 is 34.4 Å². The molecule has 8 nitrogen and oxygen atoms in total. The number of benzene rings is 3. The molecular weight excluding hydrogens is 506 g/mol. The van der Waals surface area contributed by atoms with E-state index in [-0.39, 0.29) is 17.9 Å². The van der Waals surface area contributed by atoms with E-state index < -0.39 is 36.3 Å². The third kappa shape index (κ3) is 6.99. The molecule has 3 amide bonds. The van der Waals surface area contributed by atoms with Crippen LogP contribution in [-0.4, -0.2) is 52.2 Å². The highest BCUT2D eigenvalue weighted by Crippen LogP contribution is 2.41. The van der Waals surface area contributed by atoms with Crippen LogP contribution in [0, 0.1) is 19.8 Å². The molecule has 0 spiro atoms. The second kappa shape index (κ2) is 11.7. The molecule has 40 heavy (non-hydrogen) atoms. The molecule has 1 aliphatic carbocycles. The number of aliphatic hydroxyl groups is 1. The van der Waals surface area contributed by atoms with E-state index in [1.807, 2.05) is 81.4 Å². The number of anilines is 1. The molecular formula is C32H39N3O5. The van der Waals surface area contributed by atoms with Crippen LogP contribution in [0.4, 0.5) is 10.5 Å². The Morgan fingerprint density at radius 2 is 1.62 bits per heavy atom. The Bertz CT molecular complexity index is 1390. The number of aryl methyl sites for hydroxylation is 2. The monoisotopic (exact) mass is 545 g/mol. The Balaban J connectivity index is 1.72. The Morgan fingerprint density at radius 1 is 1.00 bits per heavy atom. The van der Waals surface area contributed by atoms with Gasteiger partial charge < -0.3 is 25.4 Å². The Hall–Kier alpha value is -3.91. The van der Waals surface area contributed by atoms with Crippen LogP contribution in [0.3, 0.4) is 0 Å². The van der Waals surface area contributed by atoms with Crippen LogP contribution < -0.4 is 10.6 Å². The first-order valence-corrected chi connectivity index (χ1v) is 13.7. The van der Waals surface area contributed by atoms with Gasteiger partial charge in [-0.15, -0.1) is 0 Å². The number of amides is 3. The minimum absolute atomic E-state index is 0.159. The van der Waals surface area contributed by atoms with Gasteiger partial charge in [0.05, 0.1) is 6.61 Å². The van der Waals surface area contributed by atoms with Gasteiger partial charge in [-0.05, 0) is 75.4 Å². The quantitative estimate of drug-likeness (QED) is 0.358. The van der Waals surface area contributed by atoms with Crippen LogP contribution in [0.15, 0.2) is 60.7 Å². The lowest BCUT2D eigenvalue weighted by Crippen LogP contribution is -2.54. The molecule has 0 heterocycles. The summed E-state index contributed by atoms with van der Waals surface area (Å²) in [6.07, 6.45) is -0.104. The first-order valence-electron chi connectivity index (χ1n) is 13.7. The summed E-state index contributed by atoms with van der Waals surface area (Å²) in [5.41, 5.74) is 2.41. The van der Waals surface area contributed by atoms with Gasteiger partial charge in [0.1, 0.15) is 17.7 Å². The molecule has 4 unspecified atom stereocenters. The lowest BCUT2D eigenvalue weighted by atomic mass is 9.98. The average Bonchev–Trinajstić information content (AvgIpc) is 3.59. The second-order valence-electron chi connectivity index (χ2n) is 11.8. The largest absolute Gasteiger partial charge is 0.444 e. The zero-order valence-corrected chi connectivity index (χ0v) is 24.0. The summed E-state index contributed by atoms with van der Waals surface area (Å²) in [6, 6.07) is 16.9. The topological polar surface area (TPSA) is 108 Å². The fourth-order valence-electron chi connectivity index (χ4n) is 5.07. The van der Waals surface area contributed by atoms with Crippen molar-refractivity contribution in [2.45, 2.75) is 71.7 Å². The molecule has 8 heteroatoms. The minimum Gasteiger partial charge on any atom is -0.444 e. The Labute approximate surface area is 235 Å². The maximum Gasteiger partial charge on any atom is 0.408 e. The Kier molecular flexibility index (Phi) is 8.49. The van der Waals surface area contributed by atoms with E-state index in [1.54, 1.807) is 20.8 Å². The van der Waals surface area contributed by atoms with E-state index in [0.717, 1.165) is 21.9 Å². The maximum absolute atomic E-state index is 14.1. The fourth-order valence-corrected chi connectivity index (χ4v) is 5.07. The van der Waals surface area contributed by atoms with Crippen LogP contribution in [0.5, 0.6) is 0 Å². The number of nitrogens with zero attached hydrogens (tertiary/aromatic N) is 1. The van der Waals surface area contributed by atoms with Crippen molar-refractivity contribution in [1.82, 2.24) is 10.2 Å². The van der Waals surface area contributed by atoms with Crippen molar-refractivity contribution in [3.05, 3.63) is 77.4 Å². The third-order valence-corrected chi connectivity index (χ3v) is 6.95. The molecule has 3 aromatic rings. The molecule has 0 aromatic heterocycles. The second-order valence-corrected chi connectivity index (χ2v) is 11.8. The molecule has 3 N–H and O–H groups in total. The van der Waals surface area contributed by atoms with E-state index in [9.17, 15) is 19.5 Å². The highest BCUT2D eigenvalue weighted by molar-refractivity contribution is 6.00. The normalized spacial score (nSPS) is 18.0. The molecule has 1 fully saturated rings. The lowest BCUT2D eigenvalue weighted by Gasteiger charge is -2.35. The summed E-state index contributed by atoms with van der Waals surface area (Å²) in [5, 5.41) is 17.7. The fraction of sp³-hybridized carbons (Fsp3) is 0.406. The van der Waals surface area contributed by atoms with Crippen LogP contribution in [0.2, 0.25) is 0 Å². The van der Waals surface area contributed by atoms with Gasteiger partial charge in [0, 0.05) is 11.7 Å². The van der Waals surface area contributed by atoms with Gasteiger partial charge in [0.2, 0.25) is 5.91 Å². The molecule has 3 aromatic carbocycles. The molecule has 4 rings (SSSR count). The standard InChI is InChI=1S/C32H39N3O5/c1-19-13-20(2)15-24(14-19)28(29(37)33-25-12-11-22-9-7-8-10-23(22)17-25)35(27-16-21(27)3)30(38)26(18-36)34-31(39)40-32(4,5)6/h7-15,17,21,26-28,36H,16,18H2,1-6H3,(H,33,37)(H,34,39). The summed E-state index contributed by atoms with van der Waals surface area (Å²) >= 11 is 0. The summed E-state index contributed by atoms with van der Waals surface area (Å²) in [5.74, 6) is -0.756. The summed E-state index contributed by atoms with van der Waals surface area (Å²) in [6.45, 7) is 10.4. The molecule has 0 aliphatic heterocycles. The van der Waals surface area contributed by atoms with Crippen LogP contribution in [0.25, 0.3) is 10.8 Å². The number of carbonyl (C=O) groups excluding carboxylic acids is 3. The maximum atomic E-state index is 14.1. The predicted octanol–water partition coefficient (Wildman–Crippen LogP) is 5.26. The molecule has 212 valence electrons. The first-order chi connectivity index (χ1) is 18.9. The summed E-state index contributed by atoms with van der Waals surface area (Å²) in [7, 11) is 0. The third-order valence-electron chi connectivity index (χ3n) is 6.95. The van der Waals surface area contributed by atoms with E-state index >= 15 is 0 Å². The van der Waals surface area contributed by atoms with Crippen molar-refractivity contribution in [1.29, 1.82) is 0 Å². The lowest BCUT2D eigenvalue weighted by molar-refractivity contribution is -0.142. The van der Waals surface area contributed by atoms with Crippen LogP contribution in [0.1, 0.15) is 56.8 Å². The molecule has 0 radical (unpaired) electrons. The van der Waals surface area contributed by atoms with E-state index in [0.29, 0.717) is 17.7 Å². The van der Waals surface area contributed by atoms with Gasteiger partial charge in [-0.25, -0.2) is 4.79 Å². The number of alkyl carbamates (subject to hydrolysis) is 1. The highest BCUT2D eigenvalue weighted by Gasteiger charge is 2.48. The number of aliphatic hydroxyl groups excluding tert-OH is 1. The summed E-state index contributed by atoms with van der Waals surface area (Å²) in [4.78, 5) is 42.2. The van der Waals surface area contributed by atoms with E-state index in [1.165, 1.54) is 4.90 Å². The van der Waals surface area contributed by atoms with Crippen molar-refractivity contribution in [3.8, 4) is 0 Å². The molecule has 0 saturated heterocycles. The number of rotatable bonds is 8. The first kappa shape index (κ1) is 29.1. The van der Waals surface area contributed by atoms with Crippen molar-refractivity contribution in [2.24, 2.45) is 5.92 Å². The minimum atomic E-state index is -1.27. The number of hydrogen-bond acceptors (Lipinski definition) is 5. The van der Waals surface area contributed by atoms with Gasteiger partial charge in [-0.3, -0.25) is 9.59 Å². The summed E-state index contributed by atoms with van der Waals surface area (Å²) < 4.78 is 5.32. The van der Waals surface area contributed by atoms with Gasteiger partial charge in [-0.1, -0.05) is 66.6 Å². The highest BCUT2D eigenvalue weighted by atomic mass is 16.6. The van der Waals surface area contributed by atoms with E-state index in [4.69, 9.17) is 4.74 Å². The van der Waals surface area contributed by atoms with E-state index in [2.05, 4.69) is 10.6 Å². The van der Waals surface area contributed by atoms with Gasteiger partial charge in [0.25, 0.3) is 5.91 Å². The van der Waals surface area contributed by atoms with Gasteiger partial charge in [0.15, 0.2) is 0 Å². The zero-order valence-electron chi connectivity index (χ0n) is 24.0. The SMILES string of the molecule is Cc1cc(C)cc(C(C(=O)Nc2ccc3ccccc3c2)N(C(=O)C(CO)NC(=O)OC(C)(C)C)C2CC2C)c1. The molecule has 1 aliphatic rings. The number of carbonyl (C=O) groups is 3. The number of nitrogens with one attached hydrogen (secondary N) is 2.